The van der Waals surface area contributed by atoms with Crippen LogP contribution in [0.15, 0.2) is 249 Å². The van der Waals surface area contributed by atoms with Gasteiger partial charge in [-0.1, -0.05) is 214 Å². The largest absolute Gasteiger partial charge is 0.310 e. The van der Waals surface area contributed by atoms with Gasteiger partial charge in [-0.3, -0.25) is 0 Å². The molecule has 75 heavy (non-hydrogen) atoms. The molecule has 0 spiro atoms. The first-order chi connectivity index (χ1) is 36.7. The van der Waals surface area contributed by atoms with Crippen LogP contribution in [0.5, 0.6) is 0 Å². The number of fused-ring (bicyclic) bond motifs is 13. The molecule has 358 valence electrons. The van der Waals surface area contributed by atoms with Crippen LogP contribution < -0.4 is 4.90 Å². The highest BCUT2D eigenvalue weighted by Crippen LogP contribution is 2.60. The molecule has 0 amide bonds. The number of allylic oxidation sites excluding steroid dienone is 5. The third-order valence-electron chi connectivity index (χ3n) is 16.9. The first-order valence-electron chi connectivity index (χ1n) is 26.4. The molecule has 12 aromatic rings. The number of hydrogen-bond acceptors (Lipinski definition) is 1. The van der Waals surface area contributed by atoms with E-state index in [2.05, 4.69) is 281 Å². The molecule has 0 N–H and O–H groups in total. The van der Waals surface area contributed by atoms with E-state index in [4.69, 9.17) is 0 Å². The van der Waals surface area contributed by atoms with Gasteiger partial charge in [0.15, 0.2) is 0 Å². The smallest absolute Gasteiger partial charge is 0.0715 e. The normalized spacial score (nSPS) is 14.4. The van der Waals surface area contributed by atoms with Gasteiger partial charge in [-0.05, 0) is 158 Å². The van der Waals surface area contributed by atoms with Gasteiger partial charge in [-0.15, -0.1) is 0 Å². The molecule has 0 saturated heterocycles. The van der Waals surface area contributed by atoms with E-state index in [-0.39, 0.29) is 5.41 Å². The van der Waals surface area contributed by atoms with Crippen LogP contribution in [0.2, 0.25) is 0 Å². The molecule has 14 rings (SSSR count). The number of aryl methyl sites for hydroxylation is 2. The van der Waals surface area contributed by atoms with Crippen molar-refractivity contribution in [2.24, 2.45) is 0 Å². The Balaban J connectivity index is 1.09. The standard InChI is InChI=1S/C73H56N2/c1-7-18-64-53(8-2)59-41-38-51(44-66(59)72(64,5)6)74(50-37-40-58-56-21-10-9-19-54(56)55-20-11-12-22-57(55)63(58)43-50)52-39-42-62-67(45-52)73(48-33-29-46(3)30-34-48,49-35-31-47(4)32-36-49)65-25-17-28-70(71(62)65)75-68-26-15-13-23-60(68)61-24-14-16-27-69(61)75/h7-45H,2H2,1,3-6H3/b18-7-. The number of benzene rings is 11. The lowest BCUT2D eigenvalue weighted by Gasteiger charge is -2.35. The summed E-state index contributed by atoms with van der Waals surface area (Å²) in [6, 6.07) is 82.8. The van der Waals surface area contributed by atoms with E-state index in [0.717, 1.165) is 17.1 Å². The Morgan fingerprint density at radius 2 is 0.920 bits per heavy atom. The van der Waals surface area contributed by atoms with Gasteiger partial charge in [0.05, 0.1) is 22.1 Å². The highest BCUT2D eigenvalue weighted by molar-refractivity contribution is 6.26. The van der Waals surface area contributed by atoms with Gasteiger partial charge in [0.25, 0.3) is 0 Å². The van der Waals surface area contributed by atoms with Crippen molar-refractivity contribution >= 4 is 76.8 Å². The van der Waals surface area contributed by atoms with E-state index in [9.17, 15) is 0 Å². The van der Waals surface area contributed by atoms with E-state index >= 15 is 0 Å². The second-order valence-corrected chi connectivity index (χ2v) is 21.3. The lowest BCUT2D eigenvalue weighted by atomic mass is 9.67. The molecular formula is C73H56N2. The highest BCUT2D eigenvalue weighted by atomic mass is 15.1. The fraction of sp³-hybridized carbons (Fsp3) is 0.0959. The Bertz CT molecular complexity index is 4290. The first kappa shape index (κ1) is 44.7. The van der Waals surface area contributed by atoms with Gasteiger partial charge >= 0.3 is 0 Å². The molecule has 0 bridgehead atoms. The van der Waals surface area contributed by atoms with Crippen LogP contribution >= 0.6 is 0 Å². The molecule has 2 nitrogen and oxygen atoms in total. The molecule has 2 aliphatic rings. The van der Waals surface area contributed by atoms with Gasteiger partial charge < -0.3 is 9.47 Å². The topological polar surface area (TPSA) is 8.17 Å². The quantitative estimate of drug-likeness (QED) is 0.138. The summed E-state index contributed by atoms with van der Waals surface area (Å²) in [5.74, 6) is 0. The van der Waals surface area contributed by atoms with Crippen LogP contribution in [-0.4, -0.2) is 4.57 Å². The number of anilines is 3. The van der Waals surface area contributed by atoms with Crippen molar-refractivity contribution in [2.75, 3.05) is 4.90 Å². The molecule has 2 aliphatic carbocycles. The summed E-state index contributed by atoms with van der Waals surface area (Å²) in [6.07, 6.45) is 6.47. The molecule has 0 atom stereocenters. The first-order valence-corrected chi connectivity index (χ1v) is 26.4. The van der Waals surface area contributed by atoms with Crippen molar-refractivity contribution in [1.29, 1.82) is 0 Å². The maximum atomic E-state index is 4.34. The van der Waals surface area contributed by atoms with Gasteiger partial charge in [0, 0.05) is 38.8 Å². The van der Waals surface area contributed by atoms with Crippen molar-refractivity contribution in [1.82, 2.24) is 4.57 Å². The maximum Gasteiger partial charge on any atom is 0.0715 e. The van der Waals surface area contributed by atoms with Gasteiger partial charge in [-0.2, -0.15) is 0 Å². The zero-order valence-corrected chi connectivity index (χ0v) is 43.1. The number of para-hydroxylation sites is 2. The summed E-state index contributed by atoms with van der Waals surface area (Å²) >= 11 is 0. The molecule has 1 aromatic heterocycles. The summed E-state index contributed by atoms with van der Waals surface area (Å²) in [6.45, 7) is 15.6. The minimum atomic E-state index is -0.675. The van der Waals surface area contributed by atoms with Crippen molar-refractivity contribution in [3.8, 4) is 16.8 Å². The highest BCUT2D eigenvalue weighted by Gasteiger charge is 2.48. The van der Waals surface area contributed by atoms with E-state index < -0.39 is 5.41 Å². The van der Waals surface area contributed by atoms with Gasteiger partial charge in [0.1, 0.15) is 0 Å². The number of nitrogens with zero attached hydrogens (tertiary/aromatic N) is 2. The molecule has 0 saturated carbocycles. The molecule has 0 radical (unpaired) electrons. The predicted molar refractivity (Wildman–Crippen MR) is 320 cm³/mol. The van der Waals surface area contributed by atoms with Crippen molar-refractivity contribution < 1.29 is 0 Å². The van der Waals surface area contributed by atoms with Crippen LogP contribution in [0.3, 0.4) is 0 Å². The van der Waals surface area contributed by atoms with E-state index in [0.29, 0.717) is 0 Å². The Hall–Kier alpha value is -8.98. The van der Waals surface area contributed by atoms with E-state index in [1.54, 1.807) is 0 Å². The van der Waals surface area contributed by atoms with Crippen molar-refractivity contribution in [2.45, 2.75) is 45.4 Å². The third-order valence-corrected chi connectivity index (χ3v) is 16.9. The van der Waals surface area contributed by atoms with Crippen LogP contribution in [0.1, 0.15) is 65.3 Å². The molecule has 2 heteroatoms. The summed E-state index contributed by atoms with van der Waals surface area (Å²) in [7, 11) is 0. The fourth-order valence-electron chi connectivity index (χ4n) is 13.5. The van der Waals surface area contributed by atoms with Crippen LogP contribution in [0, 0.1) is 13.8 Å². The number of hydrogen-bond donors (Lipinski definition) is 0. The van der Waals surface area contributed by atoms with Crippen LogP contribution in [0.25, 0.3) is 76.5 Å². The third kappa shape index (κ3) is 6.39. The van der Waals surface area contributed by atoms with Gasteiger partial charge in [0.2, 0.25) is 0 Å². The Kier molecular flexibility index (Phi) is 10.0. The monoisotopic (exact) mass is 960 g/mol. The summed E-state index contributed by atoms with van der Waals surface area (Å²) in [5.41, 5.74) is 20.9. The maximum absolute atomic E-state index is 4.34. The molecular weight excluding hydrogens is 905 g/mol. The zero-order chi connectivity index (χ0) is 50.7. The Morgan fingerprint density at radius 3 is 1.48 bits per heavy atom. The lowest BCUT2D eigenvalue weighted by molar-refractivity contribution is 0.654. The SMILES string of the molecule is C=CC1=C(/C=C\C)C(C)(C)c2cc(N(c3ccc4c(c3)C(c3ccc(C)cc3)(c3ccc(C)cc3)c3cccc(-n5c6ccccc6c6ccccc65)c3-4)c3ccc4c5ccccc5c5ccccc5c4c3)ccc21. The summed E-state index contributed by atoms with van der Waals surface area (Å²) < 4.78 is 2.51. The minimum Gasteiger partial charge on any atom is -0.310 e. The zero-order valence-electron chi connectivity index (χ0n) is 43.1. The van der Waals surface area contributed by atoms with Crippen LogP contribution in [-0.2, 0) is 10.8 Å². The lowest BCUT2D eigenvalue weighted by Crippen LogP contribution is -2.29. The molecule has 0 aliphatic heterocycles. The predicted octanol–water partition coefficient (Wildman–Crippen LogP) is 19.5. The molecule has 0 fully saturated rings. The Labute approximate surface area is 439 Å². The summed E-state index contributed by atoms with van der Waals surface area (Å²) in [5, 5.41) is 10.0. The molecule has 0 unspecified atom stereocenters. The molecule has 11 aromatic carbocycles. The number of rotatable bonds is 8. The second kappa shape index (κ2) is 16.8. The Morgan fingerprint density at radius 1 is 0.440 bits per heavy atom. The second-order valence-electron chi connectivity index (χ2n) is 21.3. The minimum absolute atomic E-state index is 0.250. The van der Waals surface area contributed by atoms with E-state index in [1.807, 2.05) is 6.08 Å². The average molecular weight is 961 g/mol. The van der Waals surface area contributed by atoms with Gasteiger partial charge in [-0.25, -0.2) is 0 Å². The van der Waals surface area contributed by atoms with Crippen molar-refractivity contribution in [3.05, 3.63) is 293 Å². The number of aromatic nitrogens is 1. The van der Waals surface area contributed by atoms with E-state index in [1.165, 1.54) is 127 Å². The molecule has 1 heterocycles. The average Bonchev–Trinajstić information content (AvgIpc) is 4.18. The fourth-order valence-corrected chi connectivity index (χ4v) is 13.5. The van der Waals surface area contributed by atoms with Crippen LogP contribution in [0.4, 0.5) is 17.1 Å². The van der Waals surface area contributed by atoms with Crippen molar-refractivity contribution in [3.63, 3.8) is 0 Å². The summed E-state index contributed by atoms with van der Waals surface area (Å²) in [4.78, 5) is 2.52.